The average Bonchev–Trinajstić information content (AvgIpc) is 2.75. The van der Waals surface area contributed by atoms with Crippen molar-refractivity contribution >= 4 is 34.1 Å². The Hall–Kier alpha value is -1.89. The molecule has 2 N–H and O–H groups in total. The largest absolute Gasteiger partial charge is 0.481 e. The molecule has 0 saturated carbocycles. The van der Waals surface area contributed by atoms with Gasteiger partial charge in [-0.15, -0.1) is 11.3 Å². The Morgan fingerprint density at radius 3 is 2.58 bits per heavy atom. The zero-order valence-electron chi connectivity index (χ0n) is 11.0. The molecule has 0 saturated heterocycles. The molecule has 0 aliphatic heterocycles. The molecule has 0 aliphatic rings. The second-order valence-electron chi connectivity index (χ2n) is 4.27. The van der Waals surface area contributed by atoms with Crippen molar-refractivity contribution in [3.05, 3.63) is 17.0 Å². The van der Waals surface area contributed by atoms with E-state index >= 15 is 0 Å². The van der Waals surface area contributed by atoms with Gasteiger partial charge in [0, 0.05) is 20.5 Å². The third-order valence-corrected chi connectivity index (χ3v) is 3.42. The molecule has 1 atom stereocenters. The molecule has 2 amide bonds. The minimum absolute atomic E-state index is 0.140. The SMILES string of the molecule is CC(=O)Nc1ccc(C(=O)N(C)CC(C)C(=O)O)s1. The first-order valence-electron chi connectivity index (χ1n) is 5.67. The molecule has 0 aliphatic carbocycles. The number of rotatable bonds is 5. The Kier molecular flexibility index (Phi) is 5.05. The zero-order chi connectivity index (χ0) is 14.6. The summed E-state index contributed by atoms with van der Waals surface area (Å²) < 4.78 is 0. The van der Waals surface area contributed by atoms with E-state index in [9.17, 15) is 14.4 Å². The van der Waals surface area contributed by atoms with E-state index in [0.29, 0.717) is 9.88 Å². The van der Waals surface area contributed by atoms with Gasteiger partial charge in [0.1, 0.15) is 0 Å². The van der Waals surface area contributed by atoms with Crippen LogP contribution in [-0.4, -0.2) is 41.4 Å². The Morgan fingerprint density at radius 1 is 1.42 bits per heavy atom. The van der Waals surface area contributed by atoms with Gasteiger partial charge in [-0.05, 0) is 12.1 Å². The summed E-state index contributed by atoms with van der Waals surface area (Å²) in [6.07, 6.45) is 0. The number of carboxylic acid groups (broad SMARTS) is 1. The predicted octanol–water partition coefficient (Wildman–Crippen LogP) is 1.50. The summed E-state index contributed by atoms with van der Waals surface area (Å²) >= 11 is 1.16. The van der Waals surface area contributed by atoms with Gasteiger partial charge in [-0.1, -0.05) is 6.92 Å². The lowest BCUT2D eigenvalue weighted by Crippen LogP contribution is -2.33. The minimum atomic E-state index is -0.940. The van der Waals surface area contributed by atoms with Gasteiger partial charge in [0.2, 0.25) is 5.91 Å². The lowest BCUT2D eigenvalue weighted by molar-refractivity contribution is -0.141. The highest BCUT2D eigenvalue weighted by Gasteiger charge is 2.19. The topological polar surface area (TPSA) is 86.7 Å². The van der Waals surface area contributed by atoms with Crippen molar-refractivity contribution in [1.82, 2.24) is 4.90 Å². The molecule has 0 radical (unpaired) electrons. The number of nitrogens with one attached hydrogen (secondary N) is 1. The summed E-state index contributed by atoms with van der Waals surface area (Å²) in [6.45, 7) is 3.08. The minimum Gasteiger partial charge on any atom is -0.481 e. The molecule has 1 aromatic heterocycles. The molecular formula is C12H16N2O4S. The summed E-state index contributed by atoms with van der Waals surface area (Å²) in [5, 5.41) is 12.0. The maximum absolute atomic E-state index is 12.0. The fraction of sp³-hybridized carbons (Fsp3) is 0.417. The molecule has 1 unspecified atom stereocenters. The van der Waals surface area contributed by atoms with Gasteiger partial charge in [-0.25, -0.2) is 0 Å². The molecule has 1 rings (SSSR count). The normalized spacial score (nSPS) is 11.7. The number of hydrogen-bond acceptors (Lipinski definition) is 4. The lowest BCUT2D eigenvalue weighted by Gasteiger charge is -2.18. The molecule has 0 spiro atoms. The van der Waals surface area contributed by atoms with E-state index in [1.54, 1.807) is 26.1 Å². The average molecular weight is 284 g/mol. The molecule has 104 valence electrons. The van der Waals surface area contributed by atoms with Crippen LogP contribution < -0.4 is 5.32 Å². The zero-order valence-corrected chi connectivity index (χ0v) is 11.8. The second kappa shape index (κ2) is 6.33. The second-order valence-corrected chi connectivity index (χ2v) is 5.35. The van der Waals surface area contributed by atoms with Gasteiger partial charge >= 0.3 is 5.97 Å². The smallest absolute Gasteiger partial charge is 0.308 e. The van der Waals surface area contributed by atoms with Crippen molar-refractivity contribution in [2.24, 2.45) is 5.92 Å². The van der Waals surface area contributed by atoms with Crippen LogP contribution in [-0.2, 0) is 9.59 Å². The van der Waals surface area contributed by atoms with Crippen molar-refractivity contribution in [2.45, 2.75) is 13.8 Å². The molecular weight excluding hydrogens is 268 g/mol. The highest BCUT2D eigenvalue weighted by atomic mass is 32.1. The summed E-state index contributed by atoms with van der Waals surface area (Å²) in [4.78, 5) is 35.5. The molecule has 0 aromatic carbocycles. The molecule has 7 heteroatoms. The number of carbonyl (C=O) groups is 3. The quantitative estimate of drug-likeness (QED) is 0.857. The maximum atomic E-state index is 12.0. The van der Waals surface area contributed by atoms with E-state index in [1.807, 2.05) is 0 Å². The summed E-state index contributed by atoms with van der Waals surface area (Å²) in [6, 6.07) is 3.26. The van der Waals surface area contributed by atoms with Crippen LogP contribution in [0.1, 0.15) is 23.5 Å². The number of aliphatic carboxylic acids is 1. The Bertz CT molecular complexity index is 498. The molecule has 1 aromatic rings. The van der Waals surface area contributed by atoms with Crippen molar-refractivity contribution in [3.8, 4) is 0 Å². The summed E-state index contributed by atoms with van der Waals surface area (Å²) in [7, 11) is 1.56. The molecule has 19 heavy (non-hydrogen) atoms. The standard InChI is InChI=1S/C12H16N2O4S/c1-7(12(17)18)6-14(3)11(16)9-4-5-10(19-9)13-8(2)15/h4-5,7H,6H2,1-3H3,(H,13,15)(H,17,18). The first-order chi connectivity index (χ1) is 8.81. The summed E-state index contributed by atoms with van der Waals surface area (Å²) in [5.74, 6) is -2.02. The predicted molar refractivity (Wildman–Crippen MR) is 72.4 cm³/mol. The molecule has 6 nitrogen and oxygen atoms in total. The van der Waals surface area contributed by atoms with Gasteiger partial charge in [0.25, 0.3) is 5.91 Å². The van der Waals surface area contributed by atoms with E-state index < -0.39 is 11.9 Å². The van der Waals surface area contributed by atoms with Crippen LogP contribution in [0.4, 0.5) is 5.00 Å². The van der Waals surface area contributed by atoms with E-state index in [4.69, 9.17) is 5.11 Å². The van der Waals surface area contributed by atoms with Crippen LogP contribution >= 0.6 is 11.3 Å². The monoisotopic (exact) mass is 284 g/mol. The fourth-order valence-electron chi connectivity index (χ4n) is 1.45. The third-order valence-electron chi connectivity index (χ3n) is 2.43. The van der Waals surface area contributed by atoms with Gasteiger partial charge in [0.15, 0.2) is 0 Å². The van der Waals surface area contributed by atoms with Crippen molar-refractivity contribution < 1.29 is 19.5 Å². The van der Waals surface area contributed by atoms with Crippen LogP contribution in [0.5, 0.6) is 0 Å². The number of thiophene rings is 1. The van der Waals surface area contributed by atoms with Crippen molar-refractivity contribution in [3.63, 3.8) is 0 Å². The Labute approximate surface area is 115 Å². The first-order valence-corrected chi connectivity index (χ1v) is 6.48. The van der Waals surface area contributed by atoms with Crippen LogP contribution in [0.2, 0.25) is 0 Å². The van der Waals surface area contributed by atoms with E-state index in [0.717, 1.165) is 11.3 Å². The summed E-state index contributed by atoms with van der Waals surface area (Å²) in [5.41, 5.74) is 0. The number of carboxylic acids is 1. The van der Waals surface area contributed by atoms with E-state index in [2.05, 4.69) is 5.32 Å². The number of carbonyl (C=O) groups excluding carboxylic acids is 2. The van der Waals surface area contributed by atoms with E-state index in [-0.39, 0.29) is 18.4 Å². The van der Waals surface area contributed by atoms with Crippen molar-refractivity contribution in [1.29, 1.82) is 0 Å². The third kappa shape index (κ3) is 4.36. The molecule has 0 fully saturated rings. The van der Waals surface area contributed by atoms with Gasteiger partial charge in [0.05, 0.1) is 15.8 Å². The van der Waals surface area contributed by atoms with Crippen LogP contribution in [0.3, 0.4) is 0 Å². The molecule has 1 heterocycles. The highest BCUT2D eigenvalue weighted by Crippen LogP contribution is 2.23. The number of hydrogen-bond donors (Lipinski definition) is 2. The first kappa shape index (κ1) is 15.2. The van der Waals surface area contributed by atoms with Crippen LogP contribution in [0.25, 0.3) is 0 Å². The number of anilines is 1. The molecule has 0 bridgehead atoms. The number of amides is 2. The lowest BCUT2D eigenvalue weighted by atomic mass is 10.2. The van der Waals surface area contributed by atoms with E-state index in [1.165, 1.54) is 11.8 Å². The number of nitrogens with zero attached hydrogens (tertiary/aromatic N) is 1. The van der Waals surface area contributed by atoms with Crippen LogP contribution in [0, 0.1) is 5.92 Å². The van der Waals surface area contributed by atoms with Gasteiger partial charge < -0.3 is 15.3 Å². The van der Waals surface area contributed by atoms with Gasteiger partial charge in [-0.3, -0.25) is 14.4 Å². The highest BCUT2D eigenvalue weighted by molar-refractivity contribution is 7.18. The Morgan fingerprint density at radius 2 is 2.05 bits per heavy atom. The Balaban J connectivity index is 2.69. The van der Waals surface area contributed by atoms with Gasteiger partial charge in [-0.2, -0.15) is 0 Å². The van der Waals surface area contributed by atoms with Crippen LogP contribution in [0.15, 0.2) is 12.1 Å². The van der Waals surface area contributed by atoms with Crippen molar-refractivity contribution in [2.75, 3.05) is 18.9 Å². The fourth-order valence-corrected chi connectivity index (χ4v) is 2.40. The maximum Gasteiger partial charge on any atom is 0.308 e.